The summed E-state index contributed by atoms with van der Waals surface area (Å²) in [7, 11) is 0. The van der Waals surface area contributed by atoms with Gasteiger partial charge >= 0.3 is 0 Å². The van der Waals surface area contributed by atoms with E-state index in [4.69, 9.17) is 29.6 Å². The zero-order chi connectivity index (χ0) is 16.0. The lowest BCUT2D eigenvalue weighted by atomic mass is 10.0. The van der Waals surface area contributed by atoms with Crippen molar-refractivity contribution in [3.05, 3.63) is 34.3 Å². The van der Waals surface area contributed by atoms with Gasteiger partial charge in [-0.05, 0) is 30.4 Å². The fourth-order valence-electron chi connectivity index (χ4n) is 2.66. The Morgan fingerprint density at radius 2 is 1.90 bits per heavy atom. The summed E-state index contributed by atoms with van der Waals surface area (Å²) in [4.78, 5) is 2.93. The predicted octanol–water partition coefficient (Wildman–Crippen LogP) is 4.62. The van der Waals surface area contributed by atoms with E-state index in [1.54, 1.807) is 0 Å². The van der Waals surface area contributed by atoms with E-state index in [9.17, 15) is 0 Å². The van der Waals surface area contributed by atoms with Crippen molar-refractivity contribution in [3.63, 3.8) is 0 Å². The molecule has 0 aliphatic rings. The Hall–Kier alpha value is -0.640. The topological polar surface area (TPSA) is 29.3 Å². The summed E-state index contributed by atoms with van der Waals surface area (Å²) < 4.78 is 0. The molecule has 0 radical (unpaired) electrons. The molecule has 118 valence electrons. The fraction of sp³-hybridized carbons (Fsp3) is 0.588. The van der Waals surface area contributed by atoms with Crippen molar-refractivity contribution in [3.8, 4) is 0 Å². The van der Waals surface area contributed by atoms with Crippen LogP contribution < -0.4 is 5.73 Å². The van der Waals surface area contributed by atoms with Gasteiger partial charge in [0.05, 0.1) is 0 Å². The van der Waals surface area contributed by atoms with Gasteiger partial charge in [0, 0.05) is 29.7 Å². The highest BCUT2D eigenvalue weighted by Crippen LogP contribution is 2.22. The molecule has 4 heteroatoms. The second kappa shape index (κ2) is 8.72. The molecule has 2 N–H and O–H groups in total. The summed E-state index contributed by atoms with van der Waals surface area (Å²) in [6, 6.07) is 6.48. The Labute approximate surface area is 139 Å². The molecule has 1 rings (SSSR count). The summed E-state index contributed by atoms with van der Waals surface area (Å²) in [6.45, 7) is 11.0. The summed E-state index contributed by atoms with van der Waals surface area (Å²) in [5.41, 5.74) is 7.63. The first-order chi connectivity index (χ1) is 9.88. The third kappa shape index (κ3) is 5.57. The Bertz CT molecular complexity index is 470. The molecule has 0 aromatic heterocycles. The van der Waals surface area contributed by atoms with Crippen molar-refractivity contribution in [2.45, 2.75) is 53.1 Å². The molecule has 0 aliphatic carbocycles. The minimum absolute atomic E-state index is 0.391. The SMILES string of the molecule is CCC(CC)N(Cc1ccc(C(N)=S)cc1Cl)CC(C)C. The molecule has 0 amide bonds. The van der Waals surface area contributed by atoms with Crippen LogP contribution in [0, 0.1) is 5.92 Å². The Balaban J connectivity index is 2.94. The van der Waals surface area contributed by atoms with E-state index in [1.165, 1.54) is 0 Å². The van der Waals surface area contributed by atoms with Gasteiger partial charge in [0.25, 0.3) is 0 Å². The van der Waals surface area contributed by atoms with Crippen LogP contribution in [-0.2, 0) is 6.54 Å². The molecule has 0 saturated carbocycles. The zero-order valence-corrected chi connectivity index (χ0v) is 15.1. The number of nitrogens with zero attached hydrogens (tertiary/aromatic N) is 1. The molecule has 1 aromatic carbocycles. The summed E-state index contributed by atoms with van der Waals surface area (Å²) >= 11 is 11.4. The van der Waals surface area contributed by atoms with Crippen LogP contribution in [0.2, 0.25) is 5.02 Å². The molecule has 0 spiro atoms. The lowest BCUT2D eigenvalue weighted by Gasteiger charge is -2.32. The van der Waals surface area contributed by atoms with Crippen LogP contribution in [0.25, 0.3) is 0 Å². The Morgan fingerprint density at radius 1 is 1.29 bits per heavy atom. The van der Waals surface area contributed by atoms with Gasteiger partial charge in [0.15, 0.2) is 0 Å². The van der Waals surface area contributed by atoms with E-state index in [0.29, 0.717) is 16.9 Å². The minimum atomic E-state index is 0.391. The lowest BCUT2D eigenvalue weighted by Crippen LogP contribution is -2.36. The van der Waals surface area contributed by atoms with Crippen molar-refractivity contribution in [1.82, 2.24) is 4.90 Å². The van der Waals surface area contributed by atoms with E-state index >= 15 is 0 Å². The summed E-state index contributed by atoms with van der Waals surface area (Å²) in [6.07, 6.45) is 2.32. The quantitative estimate of drug-likeness (QED) is 0.707. The molecule has 0 atom stereocenters. The maximum atomic E-state index is 6.40. The van der Waals surface area contributed by atoms with Crippen LogP contribution in [0.4, 0.5) is 0 Å². The third-order valence-electron chi connectivity index (χ3n) is 3.77. The molecule has 0 fully saturated rings. The average Bonchev–Trinajstić information content (AvgIpc) is 2.41. The standard InChI is InChI=1S/C17H27ClN2S/c1-5-15(6-2)20(10-12(3)4)11-14-8-7-13(17(19)21)9-16(14)18/h7-9,12,15H,5-6,10-11H2,1-4H3,(H2,19,21). The number of thiocarbonyl (C=S) groups is 1. The number of halogens is 1. The average molecular weight is 327 g/mol. The Kier molecular flexibility index (Phi) is 7.64. The molecular weight excluding hydrogens is 300 g/mol. The highest BCUT2D eigenvalue weighted by molar-refractivity contribution is 7.80. The van der Waals surface area contributed by atoms with Crippen LogP contribution in [0.15, 0.2) is 18.2 Å². The first kappa shape index (κ1) is 18.4. The van der Waals surface area contributed by atoms with E-state index in [0.717, 1.165) is 42.1 Å². The number of benzene rings is 1. The Morgan fingerprint density at radius 3 is 2.33 bits per heavy atom. The largest absolute Gasteiger partial charge is 0.389 e. The van der Waals surface area contributed by atoms with Crippen LogP contribution >= 0.6 is 23.8 Å². The molecule has 1 aromatic rings. The molecule has 2 nitrogen and oxygen atoms in total. The molecule has 0 unspecified atom stereocenters. The maximum absolute atomic E-state index is 6.40. The summed E-state index contributed by atoms with van der Waals surface area (Å²) in [5.74, 6) is 0.639. The van der Waals surface area contributed by atoms with Gasteiger partial charge in [-0.3, -0.25) is 4.90 Å². The van der Waals surface area contributed by atoms with Crippen molar-refractivity contribution in [2.75, 3.05) is 6.54 Å². The number of hydrogen-bond donors (Lipinski definition) is 1. The van der Waals surface area contributed by atoms with Gasteiger partial charge in [-0.1, -0.05) is 63.6 Å². The van der Waals surface area contributed by atoms with Gasteiger partial charge in [-0.15, -0.1) is 0 Å². The lowest BCUT2D eigenvalue weighted by molar-refractivity contribution is 0.157. The van der Waals surface area contributed by atoms with E-state index < -0.39 is 0 Å². The van der Waals surface area contributed by atoms with Gasteiger partial charge in [-0.2, -0.15) is 0 Å². The number of nitrogens with two attached hydrogens (primary N) is 1. The first-order valence-corrected chi connectivity index (χ1v) is 8.49. The second-order valence-corrected chi connectivity index (χ2v) is 6.81. The minimum Gasteiger partial charge on any atom is -0.389 e. The second-order valence-electron chi connectivity index (χ2n) is 5.96. The molecule has 21 heavy (non-hydrogen) atoms. The molecule has 0 heterocycles. The van der Waals surface area contributed by atoms with Gasteiger partial charge in [-0.25, -0.2) is 0 Å². The van der Waals surface area contributed by atoms with E-state index in [1.807, 2.05) is 18.2 Å². The highest BCUT2D eigenvalue weighted by atomic mass is 35.5. The molecular formula is C17H27ClN2S. The fourth-order valence-corrected chi connectivity index (χ4v) is 3.03. The van der Waals surface area contributed by atoms with Crippen molar-refractivity contribution < 1.29 is 0 Å². The smallest absolute Gasteiger partial charge is 0.104 e. The van der Waals surface area contributed by atoms with Crippen molar-refractivity contribution in [2.24, 2.45) is 11.7 Å². The first-order valence-electron chi connectivity index (χ1n) is 7.71. The zero-order valence-electron chi connectivity index (χ0n) is 13.5. The number of rotatable bonds is 8. The van der Waals surface area contributed by atoms with Gasteiger partial charge in [0.1, 0.15) is 4.99 Å². The van der Waals surface area contributed by atoms with Crippen molar-refractivity contribution in [1.29, 1.82) is 0 Å². The summed E-state index contributed by atoms with van der Waals surface area (Å²) in [5, 5.41) is 0.750. The monoisotopic (exact) mass is 326 g/mol. The third-order valence-corrected chi connectivity index (χ3v) is 4.36. The normalized spacial score (nSPS) is 11.6. The van der Waals surface area contributed by atoms with E-state index in [2.05, 4.69) is 32.6 Å². The van der Waals surface area contributed by atoms with Crippen molar-refractivity contribution >= 4 is 28.8 Å². The van der Waals surface area contributed by atoms with Gasteiger partial charge in [0.2, 0.25) is 0 Å². The highest BCUT2D eigenvalue weighted by Gasteiger charge is 2.18. The maximum Gasteiger partial charge on any atom is 0.104 e. The van der Waals surface area contributed by atoms with Crippen LogP contribution in [0.3, 0.4) is 0 Å². The number of hydrogen-bond acceptors (Lipinski definition) is 2. The van der Waals surface area contributed by atoms with Crippen LogP contribution in [0.1, 0.15) is 51.7 Å². The molecule has 0 bridgehead atoms. The van der Waals surface area contributed by atoms with Crippen LogP contribution in [0.5, 0.6) is 0 Å². The predicted molar refractivity (Wildman–Crippen MR) is 97.0 cm³/mol. The molecule has 0 aliphatic heterocycles. The van der Waals surface area contributed by atoms with E-state index in [-0.39, 0.29) is 0 Å². The van der Waals surface area contributed by atoms with Gasteiger partial charge < -0.3 is 5.73 Å². The van der Waals surface area contributed by atoms with Crippen LogP contribution in [-0.4, -0.2) is 22.5 Å². The molecule has 0 saturated heterocycles.